The lowest BCUT2D eigenvalue weighted by atomic mass is 10.1. The average molecular weight is 225 g/mol. The molecule has 1 aromatic rings. The SMILES string of the molecule is CNCc1ccoc1COCC1CCOC1. The van der Waals surface area contributed by atoms with Gasteiger partial charge >= 0.3 is 0 Å². The summed E-state index contributed by atoms with van der Waals surface area (Å²) in [7, 11) is 1.92. The van der Waals surface area contributed by atoms with E-state index in [4.69, 9.17) is 13.9 Å². The van der Waals surface area contributed by atoms with Crippen LogP contribution in [-0.4, -0.2) is 26.9 Å². The van der Waals surface area contributed by atoms with Crippen molar-refractivity contribution in [2.75, 3.05) is 26.9 Å². The molecule has 0 aromatic carbocycles. The van der Waals surface area contributed by atoms with E-state index in [2.05, 4.69) is 5.32 Å². The van der Waals surface area contributed by atoms with Crippen LogP contribution in [0.3, 0.4) is 0 Å². The van der Waals surface area contributed by atoms with Gasteiger partial charge in [0, 0.05) is 24.6 Å². The average Bonchev–Trinajstić information content (AvgIpc) is 2.91. The molecule has 2 heterocycles. The second-order valence-electron chi connectivity index (χ2n) is 4.14. The molecule has 0 aliphatic carbocycles. The summed E-state index contributed by atoms with van der Waals surface area (Å²) in [4.78, 5) is 0. The van der Waals surface area contributed by atoms with Crippen molar-refractivity contribution < 1.29 is 13.9 Å². The van der Waals surface area contributed by atoms with Gasteiger partial charge in [-0.1, -0.05) is 0 Å². The first-order chi connectivity index (χ1) is 7.90. The quantitative estimate of drug-likeness (QED) is 0.797. The van der Waals surface area contributed by atoms with E-state index in [1.165, 1.54) is 5.56 Å². The highest BCUT2D eigenvalue weighted by Gasteiger charge is 2.16. The molecule has 0 radical (unpaired) electrons. The smallest absolute Gasteiger partial charge is 0.133 e. The van der Waals surface area contributed by atoms with Crippen LogP contribution in [-0.2, 0) is 22.6 Å². The normalized spacial score (nSPS) is 20.4. The molecule has 4 heteroatoms. The molecule has 1 saturated heterocycles. The number of nitrogens with one attached hydrogen (secondary N) is 1. The predicted octanol–water partition coefficient (Wildman–Crippen LogP) is 1.55. The van der Waals surface area contributed by atoms with Crippen molar-refractivity contribution in [3.63, 3.8) is 0 Å². The maximum atomic E-state index is 5.65. The van der Waals surface area contributed by atoms with Gasteiger partial charge in [0.15, 0.2) is 0 Å². The third kappa shape index (κ3) is 3.07. The first kappa shape index (κ1) is 11.6. The first-order valence-electron chi connectivity index (χ1n) is 5.75. The van der Waals surface area contributed by atoms with Gasteiger partial charge in [0.1, 0.15) is 12.4 Å². The van der Waals surface area contributed by atoms with Gasteiger partial charge < -0.3 is 19.2 Å². The van der Waals surface area contributed by atoms with Crippen LogP contribution < -0.4 is 5.32 Å². The van der Waals surface area contributed by atoms with Crippen molar-refractivity contribution in [1.82, 2.24) is 5.32 Å². The summed E-state index contributed by atoms with van der Waals surface area (Å²) in [5.41, 5.74) is 1.17. The third-order valence-electron chi connectivity index (χ3n) is 2.82. The minimum Gasteiger partial charge on any atom is -0.467 e. The maximum absolute atomic E-state index is 5.65. The Labute approximate surface area is 95.9 Å². The molecule has 0 saturated carbocycles. The molecule has 1 aromatic heterocycles. The van der Waals surface area contributed by atoms with Gasteiger partial charge in [-0.2, -0.15) is 0 Å². The zero-order valence-corrected chi connectivity index (χ0v) is 9.70. The minimum absolute atomic E-state index is 0.556. The number of hydrogen-bond acceptors (Lipinski definition) is 4. The topological polar surface area (TPSA) is 43.6 Å². The Bertz CT molecular complexity index is 305. The molecule has 1 unspecified atom stereocenters. The van der Waals surface area contributed by atoms with E-state index in [1.807, 2.05) is 13.1 Å². The minimum atomic E-state index is 0.556. The summed E-state index contributed by atoms with van der Waals surface area (Å²) in [6, 6.07) is 1.98. The zero-order valence-electron chi connectivity index (χ0n) is 9.70. The van der Waals surface area contributed by atoms with Crippen LogP contribution in [0.1, 0.15) is 17.7 Å². The van der Waals surface area contributed by atoms with E-state index >= 15 is 0 Å². The van der Waals surface area contributed by atoms with Crippen LogP contribution in [0.25, 0.3) is 0 Å². The summed E-state index contributed by atoms with van der Waals surface area (Å²) in [6.07, 6.45) is 2.82. The summed E-state index contributed by atoms with van der Waals surface area (Å²) in [5, 5.41) is 3.11. The monoisotopic (exact) mass is 225 g/mol. The Morgan fingerprint density at radius 3 is 3.25 bits per heavy atom. The molecule has 1 atom stereocenters. The van der Waals surface area contributed by atoms with Crippen molar-refractivity contribution >= 4 is 0 Å². The Hall–Kier alpha value is -0.840. The molecule has 16 heavy (non-hydrogen) atoms. The maximum Gasteiger partial charge on any atom is 0.133 e. The van der Waals surface area contributed by atoms with Gasteiger partial charge in [0.25, 0.3) is 0 Å². The van der Waals surface area contributed by atoms with Crippen LogP contribution in [0, 0.1) is 5.92 Å². The fourth-order valence-corrected chi connectivity index (χ4v) is 1.87. The Morgan fingerprint density at radius 1 is 1.56 bits per heavy atom. The van der Waals surface area contributed by atoms with Gasteiger partial charge in [0.2, 0.25) is 0 Å². The molecule has 2 rings (SSSR count). The van der Waals surface area contributed by atoms with Gasteiger partial charge in [-0.15, -0.1) is 0 Å². The van der Waals surface area contributed by atoms with Crippen molar-refractivity contribution in [2.24, 2.45) is 5.92 Å². The molecule has 1 aliphatic heterocycles. The second-order valence-corrected chi connectivity index (χ2v) is 4.14. The molecule has 0 spiro atoms. The fraction of sp³-hybridized carbons (Fsp3) is 0.667. The molecule has 4 nitrogen and oxygen atoms in total. The van der Waals surface area contributed by atoms with E-state index in [0.717, 1.165) is 38.5 Å². The largest absolute Gasteiger partial charge is 0.467 e. The highest BCUT2D eigenvalue weighted by atomic mass is 16.5. The molecule has 1 aliphatic rings. The number of rotatable bonds is 6. The first-order valence-corrected chi connectivity index (χ1v) is 5.75. The Balaban J connectivity index is 1.73. The van der Waals surface area contributed by atoms with Crippen molar-refractivity contribution in [3.05, 3.63) is 23.7 Å². The van der Waals surface area contributed by atoms with Crippen LogP contribution >= 0.6 is 0 Å². The molecule has 0 amide bonds. The Morgan fingerprint density at radius 2 is 2.50 bits per heavy atom. The van der Waals surface area contributed by atoms with Crippen LogP contribution in [0.5, 0.6) is 0 Å². The van der Waals surface area contributed by atoms with E-state index in [9.17, 15) is 0 Å². The van der Waals surface area contributed by atoms with E-state index in [0.29, 0.717) is 12.5 Å². The summed E-state index contributed by atoms with van der Waals surface area (Å²) < 4.78 is 16.3. The molecule has 1 fully saturated rings. The van der Waals surface area contributed by atoms with Crippen LogP contribution in [0.15, 0.2) is 16.7 Å². The summed E-state index contributed by atoms with van der Waals surface area (Å²) in [5.74, 6) is 1.48. The third-order valence-corrected chi connectivity index (χ3v) is 2.82. The highest BCUT2D eigenvalue weighted by Crippen LogP contribution is 2.15. The molecule has 1 N–H and O–H groups in total. The molecule has 90 valence electrons. The lowest BCUT2D eigenvalue weighted by Crippen LogP contribution is -2.10. The van der Waals surface area contributed by atoms with Gasteiger partial charge in [-0.3, -0.25) is 0 Å². The van der Waals surface area contributed by atoms with Crippen molar-refractivity contribution in [2.45, 2.75) is 19.6 Å². The fourth-order valence-electron chi connectivity index (χ4n) is 1.87. The summed E-state index contributed by atoms with van der Waals surface area (Å²) >= 11 is 0. The summed E-state index contributed by atoms with van der Waals surface area (Å²) in [6.45, 7) is 3.85. The lowest BCUT2D eigenvalue weighted by Gasteiger charge is -2.08. The van der Waals surface area contributed by atoms with Gasteiger partial charge in [0.05, 0.1) is 19.5 Å². The highest BCUT2D eigenvalue weighted by molar-refractivity contribution is 5.15. The van der Waals surface area contributed by atoms with Crippen LogP contribution in [0.4, 0.5) is 0 Å². The van der Waals surface area contributed by atoms with E-state index in [-0.39, 0.29) is 0 Å². The number of ether oxygens (including phenoxy) is 2. The zero-order chi connectivity index (χ0) is 11.2. The molecular formula is C12H19NO3. The van der Waals surface area contributed by atoms with E-state index in [1.54, 1.807) is 6.26 Å². The van der Waals surface area contributed by atoms with Crippen LogP contribution in [0.2, 0.25) is 0 Å². The van der Waals surface area contributed by atoms with Crippen molar-refractivity contribution in [1.29, 1.82) is 0 Å². The standard InChI is InChI=1S/C12H19NO3/c1-13-6-11-3-5-16-12(11)9-15-8-10-2-4-14-7-10/h3,5,10,13H,2,4,6-9H2,1H3. The number of hydrogen-bond donors (Lipinski definition) is 1. The van der Waals surface area contributed by atoms with E-state index < -0.39 is 0 Å². The molecule has 0 bridgehead atoms. The Kier molecular flexibility index (Phi) is 4.39. The lowest BCUT2D eigenvalue weighted by molar-refractivity contribution is 0.0685. The van der Waals surface area contributed by atoms with Gasteiger partial charge in [-0.05, 0) is 19.5 Å². The van der Waals surface area contributed by atoms with Gasteiger partial charge in [-0.25, -0.2) is 0 Å². The molecular weight excluding hydrogens is 206 g/mol. The van der Waals surface area contributed by atoms with Crippen molar-refractivity contribution in [3.8, 4) is 0 Å². The predicted molar refractivity (Wildman–Crippen MR) is 60.1 cm³/mol. The second kappa shape index (κ2) is 6.03. The number of furan rings is 1.